The van der Waals surface area contributed by atoms with Crippen molar-refractivity contribution >= 4 is 51.2 Å². The Morgan fingerprint density at radius 2 is 2.00 bits per heavy atom. The van der Waals surface area contributed by atoms with Crippen LogP contribution in [0, 0.1) is 0 Å². The zero-order valence-corrected chi connectivity index (χ0v) is 15.6. The van der Waals surface area contributed by atoms with Gasteiger partial charge in [0.2, 0.25) is 11.8 Å². The van der Waals surface area contributed by atoms with Gasteiger partial charge < -0.3 is 10.1 Å². The van der Waals surface area contributed by atoms with Crippen LogP contribution in [0.3, 0.4) is 0 Å². The maximum Gasteiger partial charge on any atom is 0.249 e. The van der Waals surface area contributed by atoms with E-state index < -0.39 is 11.8 Å². The molecule has 130 valence electrons. The van der Waals surface area contributed by atoms with Gasteiger partial charge in [0.05, 0.1) is 19.0 Å². The summed E-state index contributed by atoms with van der Waals surface area (Å²) >= 11 is 9.23. The first-order valence-corrected chi connectivity index (χ1v) is 8.36. The van der Waals surface area contributed by atoms with Gasteiger partial charge in [-0.1, -0.05) is 23.7 Å². The molecule has 0 aromatic heterocycles. The lowest BCUT2D eigenvalue weighted by molar-refractivity contribution is -0.126. The molecule has 0 radical (unpaired) electrons. The summed E-state index contributed by atoms with van der Waals surface area (Å²) in [5, 5.41) is 6.97. The number of para-hydroxylation sites is 1. The summed E-state index contributed by atoms with van der Waals surface area (Å²) in [6, 6.07) is 12.1. The van der Waals surface area contributed by atoms with Crippen LogP contribution < -0.4 is 15.5 Å². The molecule has 0 aliphatic rings. The van der Waals surface area contributed by atoms with Gasteiger partial charge in [-0.15, -0.1) is 0 Å². The van der Waals surface area contributed by atoms with E-state index in [1.165, 1.54) is 13.3 Å². The fraction of sp³-hybridized carbons (Fsp3) is 0.118. The van der Waals surface area contributed by atoms with E-state index in [0.29, 0.717) is 22.0 Å². The molecule has 0 saturated carbocycles. The summed E-state index contributed by atoms with van der Waals surface area (Å²) in [6.45, 7) is 0. The van der Waals surface area contributed by atoms with Crippen LogP contribution >= 0.6 is 27.5 Å². The van der Waals surface area contributed by atoms with Gasteiger partial charge >= 0.3 is 0 Å². The van der Waals surface area contributed by atoms with Crippen LogP contribution in [0.2, 0.25) is 5.02 Å². The third-order valence-electron chi connectivity index (χ3n) is 3.05. The van der Waals surface area contributed by atoms with E-state index in [9.17, 15) is 9.59 Å². The molecule has 2 aromatic rings. The molecule has 0 bridgehead atoms. The number of hydrazone groups is 1. The molecule has 0 fully saturated rings. The first kappa shape index (κ1) is 19.0. The Hall–Kier alpha value is -2.38. The van der Waals surface area contributed by atoms with Gasteiger partial charge in [-0.3, -0.25) is 9.59 Å². The Kier molecular flexibility index (Phi) is 6.97. The highest BCUT2D eigenvalue weighted by Crippen LogP contribution is 2.21. The second-order valence-corrected chi connectivity index (χ2v) is 6.18. The summed E-state index contributed by atoms with van der Waals surface area (Å²) < 4.78 is 5.90. The van der Waals surface area contributed by atoms with Gasteiger partial charge in [-0.05, 0) is 46.3 Å². The number of halogens is 2. The van der Waals surface area contributed by atoms with Crippen LogP contribution in [0.25, 0.3) is 0 Å². The van der Waals surface area contributed by atoms with Gasteiger partial charge in [-0.25, -0.2) is 5.43 Å². The van der Waals surface area contributed by atoms with Crippen molar-refractivity contribution in [2.24, 2.45) is 5.10 Å². The summed E-state index contributed by atoms with van der Waals surface area (Å²) in [4.78, 5) is 23.7. The molecule has 0 heterocycles. The number of ether oxygens (including phenoxy) is 1. The lowest BCUT2D eigenvalue weighted by atomic mass is 10.2. The molecule has 2 aromatic carbocycles. The quantitative estimate of drug-likeness (QED) is 0.422. The van der Waals surface area contributed by atoms with Crippen molar-refractivity contribution in [1.82, 2.24) is 5.43 Å². The number of benzene rings is 2. The van der Waals surface area contributed by atoms with Crippen molar-refractivity contribution in [1.29, 1.82) is 0 Å². The largest absolute Gasteiger partial charge is 0.496 e. The Bertz CT molecular complexity index is 811. The van der Waals surface area contributed by atoms with Crippen molar-refractivity contribution in [2.45, 2.75) is 6.42 Å². The Labute approximate surface area is 158 Å². The molecule has 2 N–H and O–H groups in total. The minimum atomic E-state index is -0.540. The molecule has 0 spiro atoms. The third-order valence-corrected chi connectivity index (χ3v) is 3.98. The molecular formula is C17H15BrClN3O3. The smallest absolute Gasteiger partial charge is 0.249 e. The second-order valence-electron chi connectivity index (χ2n) is 4.88. The molecule has 0 aliphatic carbocycles. The number of rotatable bonds is 6. The number of nitrogens with zero attached hydrogens (tertiary/aromatic N) is 1. The molecule has 25 heavy (non-hydrogen) atoms. The maximum atomic E-state index is 11.9. The van der Waals surface area contributed by atoms with Crippen LogP contribution in [-0.2, 0) is 9.59 Å². The highest BCUT2D eigenvalue weighted by atomic mass is 79.9. The van der Waals surface area contributed by atoms with Crippen molar-refractivity contribution in [3.8, 4) is 5.75 Å². The number of carbonyl (C=O) groups excluding carboxylic acids is 2. The number of anilines is 1. The van der Waals surface area contributed by atoms with Gasteiger partial charge in [0.15, 0.2) is 0 Å². The molecule has 0 saturated heterocycles. The number of amides is 2. The van der Waals surface area contributed by atoms with Crippen molar-refractivity contribution < 1.29 is 14.3 Å². The summed E-state index contributed by atoms with van der Waals surface area (Å²) in [5.74, 6) is -0.421. The fourth-order valence-corrected chi connectivity index (χ4v) is 2.49. The van der Waals surface area contributed by atoms with E-state index in [1.54, 1.807) is 36.4 Å². The van der Waals surface area contributed by atoms with Crippen LogP contribution in [0.1, 0.15) is 12.0 Å². The summed E-state index contributed by atoms with van der Waals surface area (Å²) in [5.41, 5.74) is 3.49. The minimum absolute atomic E-state index is 0.356. The van der Waals surface area contributed by atoms with E-state index in [0.717, 1.165) is 4.47 Å². The fourth-order valence-electron chi connectivity index (χ4n) is 1.92. The highest BCUT2D eigenvalue weighted by Gasteiger charge is 2.10. The zero-order valence-electron chi connectivity index (χ0n) is 13.3. The highest BCUT2D eigenvalue weighted by molar-refractivity contribution is 9.10. The first-order valence-electron chi connectivity index (χ1n) is 7.19. The number of hydrogen-bond acceptors (Lipinski definition) is 4. The first-order chi connectivity index (χ1) is 12.0. The zero-order chi connectivity index (χ0) is 18.2. The van der Waals surface area contributed by atoms with Gasteiger partial charge in [0.1, 0.15) is 12.2 Å². The third kappa shape index (κ3) is 5.88. The number of hydrogen-bond donors (Lipinski definition) is 2. The molecule has 2 rings (SSSR count). The van der Waals surface area contributed by atoms with E-state index in [-0.39, 0.29) is 6.42 Å². The van der Waals surface area contributed by atoms with Crippen LogP contribution in [0.5, 0.6) is 5.75 Å². The van der Waals surface area contributed by atoms with Crippen molar-refractivity contribution in [3.63, 3.8) is 0 Å². The number of nitrogens with one attached hydrogen (secondary N) is 2. The summed E-state index contributed by atoms with van der Waals surface area (Å²) in [6.07, 6.45) is 1.04. The average Bonchev–Trinajstić information content (AvgIpc) is 2.57. The van der Waals surface area contributed by atoms with Gasteiger partial charge in [-0.2, -0.15) is 5.10 Å². The number of carbonyl (C=O) groups is 2. The van der Waals surface area contributed by atoms with E-state index in [1.807, 2.05) is 6.07 Å². The predicted molar refractivity (Wildman–Crippen MR) is 101 cm³/mol. The normalized spacial score (nSPS) is 10.5. The monoisotopic (exact) mass is 423 g/mol. The molecular weight excluding hydrogens is 410 g/mol. The molecule has 0 atom stereocenters. The maximum absolute atomic E-state index is 11.9. The van der Waals surface area contributed by atoms with E-state index in [4.69, 9.17) is 16.3 Å². The molecule has 0 aliphatic heterocycles. The Morgan fingerprint density at radius 1 is 1.24 bits per heavy atom. The van der Waals surface area contributed by atoms with Crippen molar-refractivity contribution in [2.75, 3.05) is 12.4 Å². The Morgan fingerprint density at radius 3 is 2.72 bits per heavy atom. The lowest BCUT2D eigenvalue weighted by Crippen LogP contribution is -2.24. The van der Waals surface area contributed by atoms with Crippen LogP contribution in [0.4, 0.5) is 5.69 Å². The topological polar surface area (TPSA) is 79.8 Å². The average molecular weight is 425 g/mol. The van der Waals surface area contributed by atoms with Crippen molar-refractivity contribution in [3.05, 3.63) is 57.5 Å². The molecule has 2 amide bonds. The SMILES string of the molecule is COc1ccc(Cl)cc1C=NNC(=O)CC(=O)Nc1ccccc1Br. The Balaban J connectivity index is 1.89. The second kappa shape index (κ2) is 9.19. The number of methoxy groups -OCH3 is 1. The molecule has 0 unspecified atom stereocenters. The van der Waals surface area contributed by atoms with Gasteiger partial charge in [0.25, 0.3) is 0 Å². The molecule has 6 nitrogen and oxygen atoms in total. The lowest BCUT2D eigenvalue weighted by Gasteiger charge is -2.06. The van der Waals surface area contributed by atoms with E-state index >= 15 is 0 Å². The molecule has 8 heteroatoms. The minimum Gasteiger partial charge on any atom is -0.496 e. The van der Waals surface area contributed by atoms with Crippen LogP contribution in [-0.4, -0.2) is 25.1 Å². The predicted octanol–water partition coefficient (Wildman–Crippen LogP) is 3.59. The van der Waals surface area contributed by atoms with Gasteiger partial charge in [0, 0.05) is 15.1 Å². The summed E-state index contributed by atoms with van der Waals surface area (Å²) in [7, 11) is 1.52. The standard InChI is InChI=1S/C17H15BrClN3O3/c1-25-15-7-6-12(19)8-11(15)10-20-22-17(24)9-16(23)21-14-5-3-2-4-13(14)18/h2-8,10H,9H2,1H3,(H,21,23)(H,22,24). The van der Waals surface area contributed by atoms with E-state index in [2.05, 4.69) is 31.8 Å². The van der Waals surface area contributed by atoms with Crippen LogP contribution in [0.15, 0.2) is 52.0 Å².